The molecular weight excluding hydrogens is 326 g/mol. The number of hydrogen-bond donors (Lipinski definition) is 3. The number of amides is 1. The van der Waals surface area contributed by atoms with E-state index >= 15 is 0 Å². The molecule has 25 heavy (non-hydrogen) atoms. The lowest BCUT2D eigenvalue weighted by atomic mass is 9.95. The third-order valence-corrected chi connectivity index (χ3v) is 3.86. The molecule has 134 valence electrons. The van der Waals surface area contributed by atoms with Crippen LogP contribution in [0.15, 0.2) is 48.5 Å². The Morgan fingerprint density at radius 1 is 1.20 bits per heavy atom. The Kier molecular flexibility index (Phi) is 6.22. The van der Waals surface area contributed by atoms with Crippen LogP contribution in [0.25, 0.3) is 0 Å². The van der Waals surface area contributed by atoms with Crippen molar-refractivity contribution in [1.29, 1.82) is 0 Å². The average Bonchev–Trinajstić information content (AvgIpc) is 2.53. The van der Waals surface area contributed by atoms with Crippen molar-refractivity contribution in [2.24, 2.45) is 0 Å². The molecule has 6 heteroatoms. The molecule has 4 nitrogen and oxygen atoms in total. The van der Waals surface area contributed by atoms with Crippen molar-refractivity contribution in [3.63, 3.8) is 0 Å². The highest BCUT2D eigenvalue weighted by atomic mass is 19.1. The van der Waals surface area contributed by atoms with Gasteiger partial charge < -0.3 is 15.7 Å². The second-order valence-electron chi connectivity index (χ2n) is 6.30. The van der Waals surface area contributed by atoms with Crippen LogP contribution >= 0.6 is 0 Å². The van der Waals surface area contributed by atoms with Gasteiger partial charge in [0.2, 0.25) is 5.91 Å². The van der Waals surface area contributed by atoms with Crippen LogP contribution in [0.3, 0.4) is 0 Å². The van der Waals surface area contributed by atoms with Gasteiger partial charge in [0, 0.05) is 36.3 Å². The van der Waals surface area contributed by atoms with Crippen LogP contribution in [-0.2, 0) is 10.4 Å². The van der Waals surface area contributed by atoms with Crippen LogP contribution in [-0.4, -0.2) is 23.6 Å². The second-order valence-corrected chi connectivity index (χ2v) is 6.30. The zero-order chi connectivity index (χ0) is 18.4. The fourth-order valence-corrected chi connectivity index (χ4v) is 2.48. The van der Waals surface area contributed by atoms with E-state index in [1.807, 2.05) is 18.2 Å². The molecule has 1 amide bonds. The maximum atomic E-state index is 13.8. The maximum Gasteiger partial charge on any atom is 0.225 e. The first-order valence-corrected chi connectivity index (χ1v) is 8.04. The quantitative estimate of drug-likeness (QED) is 0.720. The topological polar surface area (TPSA) is 61.4 Å². The SMILES string of the molecule is CC(CC(=O)Nc1ccccc1)NCC(C)(O)c1ccc(F)cc1F. The number of benzene rings is 2. The summed E-state index contributed by atoms with van der Waals surface area (Å²) < 4.78 is 26.8. The van der Waals surface area contributed by atoms with Crippen molar-refractivity contribution < 1.29 is 18.7 Å². The fourth-order valence-electron chi connectivity index (χ4n) is 2.48. The molecule has 2 unspecified atom stereocenters. The van der Waals surface area contributed by atoms with Crippen LogP contribution in [0.5, 0.6) is 0 Å². The molecular formula is C19H22F2N2O2. The highest BCUT2D eigenvalue weighted by molar-refractivity contribution is 5.90. The molecule has 0 bridgehead atoms. The largest absolute Gasteiger partial charge is 0.384 e. The van der Waals surface area contributed by atoms with Gasteiger partial charge in [0.15, 0.2) is 0 Å². The minimum absolute atomic E-state index is 0.00216. The first kappa shape index (κ1) is 19.0. The van der Waals surface area contributed by atoms with Crippen LogP contribution in [0.1, 0.15) is 25.8 Å². The number of nitrogens with one attached hydrogen (secondary N) is 2. The Labute approximate surface area is 145 Å². The van der Waals surface area contributed by atoms with Gasteiger partial charge >= 0.3 is 0 Å². The van der Waals surface area contributed by atoms with Gasteiger partial charge in [-0.1, -0.05) is 24.3 Å². The molecule has 2 rings (SSSR count). The molecule has 2 aromatic rings. The standard InChI is InChI=1S/C19H22F2N2O2/c1-13(10-18(24)23-15-6-4-3-5-7-15)22-12-19(2,25)16-9-8-14(20)11-17(16)21/h3-9,11,13,22,25H,10,12H2,1-2H3,(H,23,24). The molecule has 3 N–H and O–H groups in total. The number of carbonyl (C=O) groups excluding carboxylic acids is 1. The lowest BCUT2D eigenvalue weighted by Gasteiger charge is -2.27. The Morgan fingerprint density at radius 2 is 1.88 bits per heavy atom. The Bertz CT molecular complexity index is 721. The molecule has 2 atom stereocenters. The average molecular weight is 348 g/mol. The molecule has 0 aromatic heterocycles. The van der Waals surface area contributed by atoms with Crippen molar-refractivity contribution in [1.82, 2.24) is 5.32 Å². The molecule has 2 aromatic carbocycles. The van der Waals surface area contributed by atoms with Crippen LogP contribution in [0.4, 0.5) is 14.5 Å². The summed E-state index contributed by atoms with van der Waals surface area (Å²) in [5, 5.41) is 16.2. The summed E-state index contributed by atoms with van der Waals surface area (Å²) in [6.45, 7) is 3.25. The van der Waals surface area contributed by atoms with E-state index in [1.54, 1.807) is 19.1 Å². The number of carbonyl (C=O) groups is 1. The highest BCUT2D eigenvalue weighted by Gasteiger charge is 2.27. The van der Waals surface area contributed by atoms with Crippen molar-refractivity contribution in [3.8, 4) is 0 Å². The molecule has 0 heterocycles. The molecule has 0 saturated carbocycles. The van der Waals surface area contributed by atoms with E-state index in [2.05, 4.69) is 10.6 Å². The van der Waals surface area contributed by atoms with Crippen LogP contribution < -0.4 is 10.6 Å². The number of para-hydroxylation sites is 1. The van der Waals surface area contributed by atoms with Gasteiger partial charge in [0.05, 0.1) is 0 Å². The molecule has 0 aliphatic carbocycles. The Morgan fingerprint density at radius 3 is 2.52 bits per heavy atom. The summed E-state index contributed by atoms with van der Waals surface area (Å²) in [4.78, 5) is 12.0. The molecule has 0 aliphatic heterocycles. The monoisotopic (exact) mass is 348 g/mol. The summed E-state index contributed by atoms with van der Waals surface area (Å²) in [6.07, 6.45) is 0.191. The number of anilines is 1. The summed E-state index contributed by atoms with van der Waals surface area (Å²) >= 11 is 0. The minimum atomic E-state index is -1.53. The van der Waals surface area contributed by atoms with Crippen molar-refractivity contribution in [3.05, 3.63) is 65.7 Å². The molecule has 0 spiro atoms. The Hall–Kier alpha value is -2.31. The van der Waals surface area contributed by atoms with Crippen LogP contribution in [0.2, 0.25) is 0 Å². The first-order valence-electron chi connectivity index (χ1n) is 8.04. The number of hydrogen-bond acceptors (Lipinski definition) is 3. The van der Waals surface area contributed by atoms with Crippen molar-refractivity contribution >= 4 is 11.6 Å². The van der Waals surface area contributed by atoms with E-state index in [-0.39, 0.29) is 30.5 Å². The normalized spacial score (nSPS) is 14.6. The summed E-state index contributed by atoms with van der Waals surface area (Å²) in [7, 11) is 0. The third-order valence-electron chi connectivity index (χ3n) is 3.86. The molecule has 0 radical (unpaired) electrons. The fraction of sp³-hybridized carbons (Fsp3) is 0.316. The lowest BCUT2D eigenvalue weighted by molar-refractivity contribution is -0.116. The van der Waals surface area contributed by atoms with Gasteiger partial charge in [0.25, 0.3) is 0 Å². The molecule has 0 saturated heterocycles. The minimum Gasteiger partial charge on any atom is -0.384 e. The van der Waals surface area contributed by atoms with E-state index in [1.165, 1.54) is 13.0 Å². The number of aliphatic hydroxyl groups is 1. The molecule has 0 aliphatic rings. The van der Waals surface area contributed by atoms with Gasteiger partial charge in [-0.25, -0.2) is 8.78 Å². The van der Waals surface area contributed by atoms with Gasteiger partial charge in [0.1, 0.15) is 17.2 Å². The summed E-state index contributed by atoms with van der Waals surface area (Å²) in [6, 6.07) is 11.9. The zero-order valence-electron chi connectivity index (χ0n) is 14.2. The smallest absolute Gasteiger partial charge is 0.225 e. The summed E-state index contributed by atoms with van der Waals surface area (Å²) in [5.74, 6) is -1.67. The first-order chi connectivity index (χ1) is 11.8. The Balaban J connectivity index is 1.87. The van der Waals surface area contributed by atoms with Crippen LogP contribution in [0, 0.1) is 11.6 Å². The van der Waals surface area contributed by atoms with Crippen molar-refractivity contribution in [2.45, 2.75) is 31.9 Å². The van der Waals surface area contributed by atoms with E-state index in [4.69, 9.17) is 0 Å². The second kappa shape index (κ2) is 8.18. The number of rotatable bonds is 7. The zero-order valence-corrected chi connectivity index (χ0v) is 14.2. The van der Waals surface area contributed by atoms with Gasteiger partial charge in [-0.2, -0.15) is 0 Å². The maximum absolute atomic E-state index is 13.8. The van der Waals surface area contributed by atoms with E-state index in [0.29, 0.717) is 5.69 Å². The van der Waals surface area contributed by atoms with Crippen molar-refractivity contribution in [2.75, 3.05) is 11.9 Å². The van der Waals surface area contributed by atoms with Gasteiger partial charge in [-0.05, 0) is 32.0 Å². The van der Waals surface area contributed by atoms with E-state index < -0.39 is 17.2 Å². The molecule has 0 fully saturated rings. The van der Waals surface area contributed by atoms with E-state index in [0.717, 1.165) is 12.1 Å². The number of halogens is 2. The van der Waals surface area contributed by atoms with Gasteiger partial charge in [-0.15, -0.1) is 0 Å². The lowest BCUT2D eigenvalue weighted by Crippen LogP contribution is -2.41. The third kappa shape index (κ3) is 5.62. The van der Waals surface area contributed by atoms with E-state index in [9.17, 15) is 18.7 Å². The summed E-state index contributed by atoms with van der Waals surface area (Å²) in [5.41, 5.74) is -0.815. The highest BCUT2D eigenvalue weighted by Crippen LogP contribution is 2.23. The van der Waals surface area contributed by atoms with Gasteiger partial charge in [-0.3, -0.25) is 4.79 Å². The predicted molar refractivity (Wildman–Crippen MR) is 93.1 cm³/mol. The predicted octanol–water partition coefficient (Wildman–Crippen LogP) is 3.18.